The fourth-order valence-corrected chi connectivity index (χ4v) is 3.39. The lowest BCUT2D eigenvalue weighted by Crippen LogP contribution is -2.21. The van der Waals surface area contributed by atoms with Gasteiger partial charge >= 0.3 is 0 Å². The first-order valence-corrected chi connectivity index (χ1v) is 7.44. The number of aromatic nitrogens is 2. The number of ether oxygens (including phenoxy) is 1. The highest BCUT2D eigenvalue weighted by molar-refractivity contribution is 9.10. The molecule has 1 fully saturated rings. The SMILES string of the molecule is Cc1c(-c2ccccc2)c(Br)nn1C1CCOCC1. The zero-order valence-electron chi connectivity index (χ0n) is 11.0. The molecule has 1 saturated heterocycles. The number of hydrogen-bond acceptors (Lipinski definition) is 2. The van der Waals surface area contributed by atoms with E-state index in [4.69, 9.17) is 4.74 Å². The van der Waals surface area contributed by atoms with Crippen molar-refractivity contribution >= 4 is 15.9 Å². The lowest BCUT2D eigenvalue weighted by Gasteiger charge is -2.23. The lowest BCUT2D eigenvalue weighted by atomic mass is 10.1. The molecule has 0 unspecified atom stereocenters. The highest BCUT2D eigenvalue weighted by Gasteiger charge is 2.22. The molecule has 2 aromatic rings. The number of hydrogen-bond donors (Lipinski definition) is 0. The minimum absolute atomic E-state index is 0.461. The van der Waals surface area contributed by atoms with Crippen LogP contribution in [0, 0.1) is 6.92 Å². The third-order valence-electron chi connectivity index (χ3n) is 3.71. The molecular weight excluding hydrogens is 304 g/mol. The van der Waals surface area contributed by atoms with Crippen molar-refractivity contribution in [3.8, 4) is 11.1 Å². The van der Waals surface area contributed by atoms with Crippen LogP contribution in [0.4, 0.5) is 0 Å². The fraction of sp³-hybridized carbons (Fsp3) is 0.400. The third kappa shape index (κ3) is 2.47. The van der Waals surface area contributed by atoms with E-state index in [-0.39, 0.29) is 0 Å². The minimum Gasteiger partial charge on any atom is -0.381 e. The molecule has 2 heterocycles. The van der Waals surface area contributed by atoms with Crippen molar-refractivity contribution in [3.63, 3.8) is 0 Å². The topological polar surface area (TPSA) is 27.1 Å². The molecule has 0 N–H and O–H groups in total. The smallest absolute Gasteiger partial charge is 0.136 e. The highest BCUT2D eigenvalue weighted by Crippen LogP contribution is 2.34. The van der Waals surface area contributed by atoms with E-state index in [0.29, 0.717) is 6.04 Å². The minimum atomic E-state index is 0.461. The quantitative estimate of drug-likeness (QED) is 0.837. The van der Waals surface area contributed by atoms with E-state index >= 15 is 0 Å². The third-order valence-corrected chi connectivity index (χ3v) is 4.26. The molecule has 1 aromatic heterocycles. The molecule has 0 spiro atoms. The average Bonchev–Trinajstić information content (AvgIpc) is 2.76. The zero-order valence-corrected chi connectivity index (χ0v) is 12.6. The highest BCUT2D eigenvalue weighted by atomic mass is 79.9. The summed E-state index contributed by atoms with van der Waals surface area (Å²) >= 11 is 3.61. The molecule has 100 valence electrons. The Bertz CT molecular complexity index is 559. The van der Waals surface area contributed by atoms with Gasteiger partial charge in [-0.05, 0) is 41.3 Å². The molecule has 0 aliphatic carbocycles. The van der Waals surface area contributed by atoms with Crippen LogP contribution >= 0.6 is 15.9 Å². The van der Waals surface area contributed by atoms with Crippen molar-refractivity contribution in [2.75, 3.05) is 13.2 Å². The second kappa shape index (κ2) is 5.47. The first-order valence-electron chi connectivity index (χ1n) is 6.65. The van der Waals surface area contributed by atoms with Crippen molar-refractivity contribution in [3.05, 3.63) is 40.6 Å². The van der Waals surface area contributed by atoms with Gasteiger partial charge in [-0.15, -0.1) is 0 Å². The van der Waals surface area contributed by atoms with Crippen LogP contribution in [0.5, 0.6) is 0 Å². The standard InChI is InChI=1S/C15H17BrN2O/c1-11-14(12-5-3-2-4-6-12)15(16)17-18(11)13-7-9-19-10-8-13/h2-6,13H,7-10H2,1H3. The molecule has 0 saturated carbocycles. The van der Waals surface area contributed by atoms with Gasteiger partial charge in [-0.25, -0.2) is 0 Å². The molecular formula is C15H17BrN2O. The maximum absolute atomic E-state index is 5.43. The van der Waals surface area contributed by atoms with Crippen molar-refractivity contribution in [1.29, 1.82) is 0 Å². The summed E-state index contributed by atoms with van der Waals surface area (Å²) in [4.78, 5) is 0. The van der Waals surface area contributed by atoms with Gasteiger partial charge in [0.15, 0.2) is 0 Å². The van der Waals surface area contributed by atoms with E-state index in [0.717, 1.165) is 30.7 Å². The van der Waals surface area contributed by atoms with Gasteiger partial charge < -0.3 is 4.74 Å². The van der Waals surface area contributed by atoms with Gasteiger partial charge in [0.2, 0.25) is 0 Å². The molecule has 3 nitrogen and oxygen atoms in total. The average molecular weight is 321 g/mol. The summed E-state index contributed by atoms with van der Waals surface area (Å²) in [5.74, 6) is 0. The van der Waals surface area contributed by atoms with Crippen LogP contribution < -0.4 is 0 Å². The molecule has 0 atom stereocenters. The summed E-state index contributed by atoms with van der Waals surface area (Å²) < 4.78 is 8.52. The van der Waals surface area contributed by atoms with Gasteiger partial charge in [-0.1, -0.05) is 30.3 Å². The Balaban J connectivity index is 2.00. The predicted molar refractivity (Wildman–Crippen MR) is 79.2 cm³/mol. The Morgan fingerprint density at radius 3 is 2.58 bits per heavy atom. The van der Waals surface area contributed by atoms with E-state index < -0.39 is 0 Å². The number of rotatable bonds is 2. The van der Waals surface area contributed by atoms with Crippen molar-refractivity contribution < 1.29 is 4.74 Å². The predicted octanol–water partition coefficient (Wildman–Crippen LogP) is 3.97. The molecule has 19 heavy (non-hydrogen) atoms. The van der Waals surface area contributed by atoms with Gasteiger partial charge in [0.1, 0.15) is 4.60 Å². The van der Waals surface area contributed by atoms with Crippen LogP contribution in [-0.4, -0.2) is 23.0 Å². The van der Waals surface area contributed by atoms with E-state index in [1.807, 2.05) is 6.07 Å². The fourth-order valence-electron chi connectivity index (χ4n) is 2.70. The Morgan fingerprint density at radius 2 is 1.89 bits per heavy atom. The summed E-state index contributed by atoms with van der Waals surface area (Å²) in [7, 11) is 0. The van der Waals surface area contributed by atoms with Crippen LogP contribution in [0.15, 0.2) is 34.9 Å². The van der Waals surface area contributed by atoms with E-state index in [1.54, 1.807) is 0 Å². The Morgan fingerprint density at radius 1 is 1.21 bits per heavy atom. The number of halogens is 1. The summed E-state index contributed by atoms with van der Waals surface area (Å²) in [5, 5.41) is 4.69. The van der Waals surface area contributed by atoms with Gasteiger partial charge in [0.05, 0.1) is 6.04 Å². The first-order chi connectivity index (χ1) is 9.27. The Hall–Kier alpha value is -1.13. The van der Waals surface area contributed by atoms with Crippen LogP contribution in [-0.2, 0) is 4.74 Å². The second-order valence-electron chi connectivity index (χ2n) is 4.91. The molecule has 0 bridgehead atoms. The van der Waals surface area contributed by atoms with Crippen LogP contribution in [0.25, 0.3) is 11.1 Å². The summed E-state index contributed by atoms with van der Waals surface area (Å²) in [6, 6.07) is 10.9. The van der Waals surface area contributed by atoms with Crippen LogP contribution in [0.3, 0.4) is 0 Å². The second-order valence-corrected chi connectivity index (χ2v) is 5.66. The number of nitrogens with zero attached hydrogens (tertiary/aromatic N) is 2. The molecule has 0 amide bonds. The van der Waals surface area contributed by atoms with Crippen molar-refractivity contribution in [2.45, 2.75) is 25.8 Å². The van der Waals surface area contributed by atoms with E-state index in [9.17, 15) is 0 Å². The maximum atomic E-state index is 5.43. The van der Waals surface area contributed by atoms with Gasteiger partial charge in [-0.2, -0.15) is 5.10 Å². The monoisotopic (exact) mass is 320 g/mol. The van der Waals surface area contributed by atoms with E-state index in [1.165, 1.54) is 16.8 Å². The normalized spacial score (nSPS) is 16.7. The molecule has 1 aromatic carbocycles. The molecule has 4 heteroatoms. The van der Waals surface area contributed by atoms with Crippen LogP contribution in [0.2, 0.25) is 0 Å². The van der Waals surface area contributed by atoms with Crippen molar-refractivity contribution in [1.82, 2.24) is 9.78 Å². The molecule has 1 aliphatic heterocycles. The van der Waals surface area contributed by atoms with Crippen molar-refractivity contribution in [2.24, 2.45) is 0 Å². The summed E-state index contributed by atoms with van der Waals surface area (Å²) in [6.07, 6.45) is 2.09. The largest absolute Gasteiger partial charge is 0.381 e. The number of benzene rings is 1. The molecule has 3 rings (SSSR count). The first kappa shape index (κ1) is 12.9. The van der Waals surface area contributed by atoms with Gasteiger partial charge in [-0.3, -0.25) is 4.68 Å². The maximum Gasteiger partial charge on any atom is 0.136 e. The van der Waals surface area contributed by atoms with Crippen LogP contribution in [0.1, 0.15) is 24.6 Å². The Kier molecular flexibility index (Phi) is 3.71. The molecule has 1 aliphatic rings. The Labute approximate surface area is 121 Å². The van der Waals surface area contributed by atoms with Gasteiger partial charge in [0, 0.05) is 24.5 Å². The summed E-state index contributed by atoms with van der Waals surface area (Å²) in [5.41, 5.74) is 3.64. The van der Waals surface area contributed by atoms with E-state index in [2.05, 4.69) is 56.9 Å². The van der Waals surface area contributed by atoms with Gasteiger partial charge in [0.25, 0.3) is 0 Å². The lowest BCUT2D eigenvalue weighted by molar-refractivity contribution is 0.0656. The molecule has 0 radical (unpaired) electrons. The summed E-state index contributed by atoms with van der Waals surface area (Å²) in [6.45, 7) is 3.82. The zero-order chi connectivity index (χ0) is 13.2.